The molecule has 1 aliphatic rings. The highest BCUT2D eigenvalue weighted by Crippen LogP contribution is 2.32. The first kappa shape index (κ1) is 31.9. The second-order valence-electron chi connectivity index (χ2n) is 11.9. The van der Waals surface area contributed by atoms with Gasteiger partial charge in [0.25, 0.3) is 10.1 Å². The van der Waals surface area contributed by atoms with Crippen LogP contribution in [0.4, 0.5) is 10.1 Å². The van der Waals surface area contributed by atoms with Crippen LogP contribution in [0.1, 0.15) is 18.4 Å². The molecule has 1 saturated heterocycles. The lowest BCUT2D eigenvalue weighted by Crippen LogP contribution is -2.25. The highest BCUT2D eigenvalue weighted by molar-refractivity contribution is 7.85. The van der Waals surface area contributed by atoms with E-state index >= 15 is 4.39 Å². The van der Waals surface area contributed by atoms with Crippen LogP contribution in [0, 0.1) is 12.7 Å². The van der Waals surface area contributed by atoms with Gasteiger partial charge in [-0.25, -0.2) is 9.18 Å². The number of pyridine rings is 2. The lowest BCUT2D eigenvalue weighted by molar-refractivity contribution is -0.117. The number of benzene rings is 4. The summed E-state index contributed by atoms with van der Waals surface area (Å²) in [6, 6.07) is 26.5. The van der Waals surface area contributed by atoms with Crippen LogP contribution in [0.3, 0.4) is 0 Å². The second-order valence-corrected chi connectivity index (χ2v) is 13.3. The molecule has 7 aromatic rings. The summed E-state index contributed by atoms with van der Waals surface area (Å²) < 4.78 is 47.9. The highest BCUT2D eigenvalue weighted by atomic mass is 32.2. The van der Waals surface area contributed by atoms with Gasteiger partial charge in [0.2, 0.25) is 5.91 Å². The number of anilines is 1. The number of imidazole rings is 1. The molecule has 0 radical (unpaired) electrons. The number of carbonyl (C=O) groups excluding carboxylic acids is 1. The summed E-state index contributed by atoms with van der Waals surface area (Å²) >= 11 is 0. The summed E-state index contributed by atoms with van der Waals surface area (Å²) in [5.74, 6) is -0.630. The monoisotopic (exact) mass is 675 g/mol. The van der Waals surface area contributed by atoms with Gasteiger partial charge in [0.1, 0.15) is 5.82 Å². The van der Waals surface area contributed by atoms with Crippen molar-refractivity contribution in [1.82, 2.24) is 19.1 Å². The van der Waals surface area contributed by atoms with E-state index in [0.29, 0.717) is 41.6 Å². The van der Waals surface area contributed by atoms with E-state index in [1.807, 2.05) is 55.6 Å². The van der Waals surface area contributed by atoms with Crippen LogP contribution >= 0.6 is 0 Å². The number of aromatic nitrogens is 4. The lowest BCUT2D eigenvalue weighted by atomic mass is 10.0. The molecule has 1 fully saturated rings. The molecular formula is C37H30FN5O5S. The van der Waals surface area contributed by atoms with Gasteiger partial charge in [-0.05, 0) is 67.4 Å². The van der Waals surface area contributed by atoms with Crippen LogP contribution < -0.4 is 10.6 Å². The zero-order valence-electron chi connectivity index (χ0n) is 26.5. The van der Waals surface area contributed by atoms with Gasteiger partial charge in [0.15, 0.2) is 0 Å². The van der Waals surface area contributed by atoms with Gasteiger partial charge in [0, 0.05) is 48.6 Å². The molecule has 12 heteroatoms. The molecule has 1 amide bonds. The number of hydrogen-bond acceptors (Lipinski definition) is 6. The predicted octanol–water partition coefficient (Wildman–Crippen LogP) is 6.60. The maximum absolute atomic E-state index is 15.3. The zero-order valence-corrected chi connectivity index (χ0v) is 27.4. The van der Waals surface area contributed by atoms with Gasteiger partial charge in [-0.2, -0.15) is 8.42 Å². The Morgan fingerprint density at radius 1 is 0.837 bits per heavy atom. The molecule has 49 heavy (non-hydrogen) atoms. The largest absolute Gasteiger partial charge is 0.333 e. The number of halogens is 1. The maximum Gasteiger partial charge on any atom is 0.333 e. The minimum absolute atomic E-state index is 0.0666. The summed E-state index contributed by atoms with van der Waals surface area (Å²) in [6.45, 7) is 2.33. The molecule has 8 rings (SSSR count). The van der Waals surface area contributed by atoms with Crippen LogP contribution in [0.2, 0.25) is 0 Å². The molecule has 3 aromatic heterocycles. The molecule has 4 aromatic carbocycles. The molecule has 0 saturated carbocycles. The van der Waals surface area contributed by atoms with E-state index in [0.717, 1.165) is 33.0 Å². The topological polar surface area (TPSA) is 127 Å². The smallest absolute Gasteiger partial charge is 0.310 e. The van der Waals surface area contributed by atoms with Gasteiger partial charge >= 0.3 is 5.69 Å². The minimum atomic E-state index is -4.02. The normalized spacial score (nSPS) is 13.3. The summed E-state index contributed by atoms with van der Waals surface area (Å²) in [7, 11) is -2.34. The van der Waals surface area contributed by atoms with Crippen molar-refractivity contribution in [2.24, 2.45) is 7.05 Å². The summed E-state index contributed by atoms with van der Waals surface area (Å²) in [6.07, 6.45) is 4.62. The number of hydrogen-bond donors (Lipinski definition) is 1. The van der Waals surface area contributed by atoms with Gasteiger partial charge in [0.05, 0.1) is 44.5 Å². The number of fused-ring (bicyclic) bond motifs is 4. The molecule has 0 bridgehead atoms. The Hall–Kier alpha value is -5.72. The van der Waals surface area contributed by atoms with Crippen LogP contribution in [0.5, 0.6) is 0 Å². The Morgan fingerprint density at radius 2 is 1.59 bits per heavy atom. The molecule has 246 valence electrons. The molecule has 4 heterocycles. The third-order valence-electron chi connectivity index (χ3n) is 8.68. The van der Waals surface area contributed by atoms with E-state index in [1.54, 1.807) is 37.5 Å². The van der Waals surface area contributed by atoms with Crippen molar-refractivity contribution in [3.8, 4) is 16.8 Å². The summed E-state index contributed by atoms with van der Waals surface area (Å²) in [5.41, 5.74) is 6.06. The third kappa shape index (κ3) is 5.96. The first-order chi connectivity index (χ1) is 23.5. The highest BCUT2D eigenvalue weighted by Gasteiger charge is 2.25. The average molecular weight is 676 g/mol. The lowest BCUT2D eigenvalue weighted by Gasteiger charge is -2.17. The van der Waals surface area contributed by atoms with E-state index in [2.05, 4.69) is 16.0 Å². The number of carbonyl (C=O) groups is 1. The standard InChI is InChI=1S/C30H22FN5O2.C7H8O3S/c1-34-27-17-33-25-10-8-18(20-13-19-5-2-3-6-24(19)32-16-20)14-22(25)29(27)36(30(34)38)21-9-11-26(23(31)15-21)35-12-4-7-28(35)37;1-6-2-4-7(5-3-6)11(8,9)10/h2-3,5-6,8-11,13-17H,4,7,12H2,1H3;2-5H,1H3,(H,8,9,10). The Bertz CT molecular complexity index is 2600. The number of rotatable bonds is 4. The number of nitrogens with zero attached hydrogens (tertiary/aromatic N) is 5. The second kappa shape index (κ2) is 12.4. The fraction of sp³-hybridized carbons (Fsp3) is 0.135. The minimum Gasteiger partial charge on any atom is -0.310 e. The van der Waals surface area contributed by atoms with E-state index in [9.17, 15) is 18.0 Å². The Balaban J connectivity index is 0.000000295. The molecule has 1 N–H and O–H groups in total. The average Bonchev–Trinajstić information content (AvgIpc) is 3.63. The first-order valence-corrected chi connectivity index (χ1v) is 16.9. The van der Waals surface area contributed by atoms with E-state index in [4.69, 9.17) is 4.55 Å². The van der Waals surface area contributed by atoms with Crippen molar-refractivity contribution in [3.63, 3.8) is 0 Å². The van der Waals surface area contributed by atoms with Crippen molar-refractivity contribution in [2.75, 3.05) is 11.4 Å². The number of aryl methyl sites for hydroxylation is 2. The van der Waals surface area contributed by atoms with Crippen molar-refractivity contribution in [3.05, 3.63) is 125 Å². The SMILES string of the molecule is Cc1ccc(S(=O)(=O)O)cc1.Cn1c(=O)n(-c2ccc(N3CCCC3=O)c(F)c2)c2c3cc(-c4cnc5ccccc5c4)ccc3ncc21. The molecule has 0 spiro atoms. The quantitative estimate of drug-likeness (QED) is 0.208. The maximum atomic E-state index is 15.3. The fourth-order valence-corrected chi connectivity index (χ4v) is 6.59. The fourth-order valence-electron chi connectivity index (χ4n) is 6.11. The van der Waals surface area contributed by atoms with Crippen molar-refractivity contribution < 1.29 is 22.2 Å². The zero-order chi connectivity index (χ0) is 34.4. The molecular weight excluding hydrogens is 646 g/mol. The van der Waals surface area contributed by atoms with Crippen molar-refractivity contribution in [1.29, 1.82) is 0 Å². The molecule has 0 aliphatic carbocycles. The Kier molecular flexibility index (Phi) is 8.05. The molecule has 0 atom stereocenters. The van der Waals surface area contributed by atoms with Gasteiger partial charge in [-0.3, -0.25) is 28.4 Å². The van der Waals surface area contributed by atoms with Gasteiger partial charge in [-0.15, -0.1) is 0 Å². The third-order valence-corrected chi connectivity index (χ3v) is 9.55. The Labute approximate surface area is 280 Å². The van der Waals surface area contributed by atoms with Crippen LogP contribution in [0.25, 0.3) is 49.7 Å². The van der Waals surface area contributed by atoms with E-state index in [1.165, 1.54) is 32.2 Å². The van der Waals surface area contributed by atoms with Crippen molar-refractivity contribution >= 4 is 54.6 Å². The molecule has 0 unspecified atom stereocenters. The molecule has 1 aliphatic heterocycles. The van der Waals surface area contributed by atoms with Crippen molar-refractivity contribution in [2.45, 2.75) is 24.7 Å². The van der Waals surface area contributed by atoms with Crippen LogP contribution in [-0.4, -0.2) is 44.5 Å². The Morgan fingerprint density at radius 3 is 2.31 bits per heavy atom. The molecule has 10 nitrogen and oxygen atoms in total. The van der Waals surface area contributed by atoms with E-state index < -0.39 is 15.9 Å². The summed E-state index contributed by atoms with van der Waals surface area (Å²) in [5, 5.41) is 1.80. The number of para-hydroxylation sites is 1. The predicted molar refractivity (Wildman–Crippen MR) is 187 cm³/mol. The van der Waals surface area contributed by atoms with Gasteiger partial charge < -0.3 is 4.90 Å². The number of amides is 1. The summed E-state index contributed by atoms with van der Waals surface area (Å²) in [4.78, 5) is 36.2. The van der Waals surface area contributed by atoms with Crippen LogP contribution in [-0.2, 0) is 22.0 Å². The van der Waals surface area contributed by atoms with Gasteiger partial charge in [-0.1, -0.05) is 42.0 Å². The first-order valence-electron chi connectivity index (χ1n) is 15.5. The van der Waals surface area contributed by atoms with Crippen LogP contribution in [0.15, 0.2) is 113 Å². The van der Waals surface area contributed by atoms with E-state index in [-0.39, 0.29) is 22.2 Å².